The number of pyridine rings is 1. The molecule has 0 unspecified atom stereocenters. The van der Waals surface area contributed by atoms with Crippen molar-refractivity contribution >= 4 is 34.8 Å². The number of alkyl halides is 2. The molecule has 0 saturated carbocycles. The first-order chi connectivity index (χ1) is 6.65. The molecule has 1 N–H and O–H groups in total. The molecule has 0 amide bonds. The molecule has 74 valence electrons. The summed E-state index contributed by atoms with van der Waals surface area (Å²) < 4.78 is 0. The molecule has 0 aliphatic rings. The van der Waals surface area contributed by atoms with Crippen LogP contribution in [0.25, 0.3) is 0 Å². The molecular weight excluding hydrogens is 246 g/mol. The lowest BCUT2D eigenvalue weighted by Crippen LogP contribution is -2.15. The van der Waals surface area contributed by atoms with E-state index in [4.69, 9.17) is 40.1 Å². The van der Waals surface area contributed by atoms with Gasteiger partial charge in [-0.2, -0.15) is 5.26 Å². The van der Waals surface area contributed by atoms with Crippen molar-refractivity contribution in [1.82, 2.24) is 4.98 Å². The van der Waals surface area contributed by atoms with Crippen LogP contribution < -0.4 is 5.56 Å². The van der Waals surface area contributed by atoms with E-state index in [1.165, 1.54) is 0 Å². The molecular formula is C8H5Cl3N2O. The van der Waals surface area contributed by atoms with Crippen molar-refractivity contribution in [3.05, 3.63) is 32.2 Å². The number of rotatable bonds is 2. The van der Waals surface area contributed by atoms with Crippen LogP contribution in [-0.2, 0) is 11.8 Å². The summed E-state index contributed by atoms with van der Waals surface area (Å²) in [6, 6.07) is 1.75. The summed E-state index contributed by atoms with van der Waals surface area (Å²) in [6.07, 6.45) is 0. The molecule has 0 fully saturated rings. The summed E-state index contributed by atoms with van der Waals surface area (Å²) in [6.45, 7) is 0. The Labute approximate surface area is 95.2 Å². The van der Waals surface area contributed by atoms with Crippen LogP contribution in [0.2, 0.25) is 5.02 Å². The first-order valence-electron chi connectivity index (χ1n) is 3.61. The molecule has 6 heteroatoms. The normalized spacial score (nSPS) is 9.86. The number of hydrogen-bond acceptors (Lipinski definition) is 2. The zero-order chi connectivity index (χ0) is 10.7. The molecule has 1 rings (SSSR count). The average molecular weight is 251 g/mol. The van der Waals surface area contributed by atoms with Crippen molar-refractivity contribution in [2.24, 2.45) is 0 Å². The van der Waals surface area contributed by atoms with Gasteiger partial charge in [0.2, 0.25) is 0 Å². The minimum Gasteiger partial charge on any atom is -0.322 e. The Hall–Kier alpha value is -0.690. The van der Waals surface area contributed by atoms with Crippen molar-refractivity contribution in [2.45, 2.75) is 11.8 Å². The van der Waals surface area contributed by atoms with Gasteiger partial charge in [-0.15, -0.1) is 23.2 Å². The highest BCUT2D eigenvalue weighted by Crippen LogP contribution is 2.23. The van der Waals surface area contributed by atoms with E-state index in [9.17, 15) is 4.79 Å². The van der Waals surface area contributed by atoms with Crippen molar-refractivity contribution in [1.29, 1.82) is 5.26 Å². The third-order valence-electron chi connectivity index (χ3n) is 1.70. The van der Waals surface area contributed by atoms with Crippen molar-refractivity contribution in [3.8, 4) is 6.07 Å². The smallest absolute Gasteiger partial charge is 0.266 e. The first kappa shape index (κ1) is 11.4. The predicted molar refractivity (Wildman–Crippen MR) is 55.9 cm³/mol. The molecule has 0 atom stereocenters. The molecule has 0 aliphatic heterocycles. The zero-order valence-corrected chi connectivity index (χ0v) is 9.17. The lowest BCUT2D eigenvalue weighted by atomic mass is 10.1. The van der Waals surface area contributed by atoms with Gasteiger partial charge in [0, 0.05) is 5.56 Å². The van der Waals surface area contributed by atoms with Crippen LogP contribution in [0.5, 0.6) is 0 Å². The summed E-state index contributed by atoms with van der Waals surface area (Å²) in [4.78, 5) is 13.7. The minimum atomic E-state index is -0.511. The number of halogens is 3. The highest BCUT2D eigenvalue weighted by Gasteiger charge is 2.14. The van der Waals surface area contributed by atoms with Gasteiger partial charge in [0.05, 0.1) is 22.5 Å². The monoisotopic (exact) mass is 250 g/mol. The second-order valence-corrected chi connectivity index (χ2v) is 3.39. The lowest BCUT2D eigenvalue weighted by Gasteiger charge is -2.05. The fourth-order valence-corrected chi connectivity index (χ4v) is 1.90. The van der Waals surface area contributed by atoms with E-state index in [1.54, 1.807) is 6.07 Å². The number of hydrogen-bond donors (Lipinski definition) is 1. The van der Waals surface area contributed by atoms with E-state index in [0.29, 0.717) is 11.3 Å². The Bertz CT molecular complexity index is 447. The van der Waals surface area contributed by atoms with E-state index in [0.717, 1.165) is 0 Å². The highest BCUT2D eigenvalue weighted by atomic mass is 35.5. The van der Waals surface area contributed by atoms with Crippen LogP contribution in [0.4, 0.5) is 0 Å². The van der Waals surface area contributed by atoms with Gasteiger partial charge in [-0.05, 0) is 0 Å². The largest absolute Gasteiger partial charge is 0.322 e. The summed E-state index contributed by atoms with van der Waals surface area (Å²) >= 11 is 17.0. The Morgan fingerprint density at radius 2 is 2.00 bits per heavy atom. The van der Waals surface area contributed by atoms with Crippen LogP contribution in [0.3, 0.4) is 0 Å². The molecule has 1 aromatic rings. The molecule has 1 heterocycles. The number of H-pyrrole nitrogens is 1. The third-order valence-corrected chi connectivity index (χ3v) is 2.69. The molecule has 1 aromatic heterocycles. The second kappa shape index (κ2) is 4.70. The molecule has 14 heavy (non-hydrogen) atoms. The number of nitrogens with zero attached hydrogens (tertiary/aromatic N) is 1. The van der Waals surface area contributed by atoms with Gasteiger partial charge in [-0.3, -0.25) is 4.79 Å². The molecule has 0 spiro atoms. The molecule has 0 radical (unpaired) electrons. The maximum Gasteiger partial charge on any atom is 0.266 e. The molecule has 0 aliphatic carbocycles. The maximum atomic E-state index is 11.3. The third kappa shape index (κ3) is 1.88. The molecule has 0 aromatic carbocycles. The van der Waals surface area contributed by atoms with Gasteiger partial charge in [0.25, 0.3) is 5.56 Å². The second-order valence-electron chi connectivity index (χ2n) is 2.48. The van der Waals surface area contributed by atoms with E-state index in [2.05, 4.69) is 4.98 Å². The summed E-state index contributed by atoms with van der Waals surface area (Å²) in [5.41, 5.74) is 0.144. The van der Waals surface area contributed by atoms with E-state index in [1.807, 2.05) is 0 Å². The van der Waals surface area contributed by atoms with Crippen LogP contribution in [-0.4, -0.2) is 4.98 Å². The average Bonchev–Trinajstić information content (AvgIpc) is 2.20. The van der Waals surface area contributed by atoms with Gasteiger partial charge < -0.3 is 4.98 Å². The topological polar surface area (TPSA) is 56.6 Å². The Kier molecular flexibility index (Phi) is 3.82. The molecule has 0 saturated heterocycles. The fraction of sp³-hybridized carbons (Fsp3) is 0.250. The van der Waals surface area contributed by atoms with Gasteiger partial charge in [-0.1, -0.05) is 11.6 Å². The summed E-state index contributed by atoms with van der Waals surface area (Å²) in [5, 5.41) is 8.95. The lowest BCUT2D eigenvalue weighted by molar-refractivity contribution is 1.08. The number of nitrogens with one attached hydrogen (secondary N) is 1. The zero-order valence-electron chi connectivity index (χ0n) is 6.90. The van der Waals surface area contributed by atoms with Crippen LogP contribution in [0.1, 0.15) is 16.8 Å². The fourth-order valence-electron chi connectivity index (χ4n) is 1.02. The van der Waals surface area contributed by atoms with Crippen LogP contribution >= 0.6 is 34.8 Å². The molecule has 0 bridgehead atoms. The predicted octanol–water partition coefficient (Wildman–Crippen LogP) is 2.38. The Balaban J connectivity index is 3.59. The number of nitriles is 1. The van der Waals surface area contributed by atoms with Crippen molar-refractivity contribution < 1.29 is 0 Å². The van der Waals surface area contributed by atoms with E-state index >= 15 is 0 Å². The van der Waals surface area contributed by atoms with Gasteiger partial charge in [0.1, 0.15) is 11.6 Å². The number of aromatic amines is 1. The maximum absolute atomic E-state index is 11.3. The first-order valence-corrected chi connectivity index (χ1v) is 5.06. The summed E-state index contributed by atoms with van der Waals surface area (Å²) in [7, 11) is 0. The Morgan fingerprint density at radius 3 is 2.43 bits per heavy atom. The SMILES string of the molecule is N#Cc1c(CCl)c(Cl)c(CCl)[nH]c1=O. The Morgan fingerprint density at radius 1 is 1.36 bits per heavy atom. The quantitative estimate of drug-likeness (QED) is 0.821. The van der Waals surface area contributed by atoms with Gasteiger partial charge in [-0.25, -0.2) is 0 Å². The van der Waals surface area contributed by atoms with Crippen LogP contribution in [0, 0.1) is 11.3 Å². The van der Waals surface area contributed by atoms with Crippen molar-refractivity contribution in [3.63, 3.8) is 0 Å². The minimum absolute atomic E-state index is 0.00946. The summed E-state index contributed by atoms with van der Waals surface area (Å²) in [5.74, 6) is 0.0825. The van der Waals surface area contributed by atoms with Crippen molar-refractivity contribution in [2.75, 3.05) is 0 Å². The van der Waals surface area contributed by atoms with Gasteiger partial charge >= 0.3 is 0 Å². The van der Waals surface area contributed by atoms with E-state index in [-0.39, 0.29) is 22.3 Å². The van der Waals surface area contributed by atoms with E-state index < -0.39 is 5.56 Å². The standard InChI is InChI=1S/C8H5Cl3N2O/c9-1-4-5(3-12)8(14)13-6(2-10)7(4)11/h1-2H2,(H,13,14). The van der Waals surface area contributed by atoms with Gasteiger partial charge in [0.15, 0.2) is 0 Å². The van der Waals surface area contributed by atoms with Crippen LogP contribution in [0.15, 0.2) is 4.79 Å². The number of aromatic nitrogens is 1. The molecule has 3 nitrogen and oxygen atoms in total. The highest BCUT2D eigenvalue weighted by molar-refractivity contribution is 6.33.